The number of hydrogen-bond donors (Lipinski definition) is 1. The van der Waals surface area contributed by atoms with Crippen LogP contribution >= 0.6 is 0 Å². The smallest absolute Gasteiger partial charge is 0.172 e. The average Bonchev–Trinajstić information content (AvgIpc) is 2.86. The normalized spacial score (nSPS) is 16.6. The van der Waals surface area contributed by atoms with E-state index in [0.29, 0.717) is 6.54 Å². The van der Waals surface area contributed by atoms with Gasteiger partial charge >= 0.3 is 0 Å². The van der Waals surface area contributed by atoms with E-state index in [-0.39, 0.29) is 11.7 Å². The monoisotopic (exact) mass is 265 g/mol. The first kappa shape index (κ1) is 12.9. The number of anilines is 1. The summed E-state index contributed by atoms with van der Waals surface area (Å²) in [5.41, 5.74) is 6.56. The molecule has 0 aliphatic carbocycles. The fourth-order valence-corrected chi connectivity index (χ4v) is 2.93. The van der Waals surface area contributed by atoms with Gasteiger partial charge in [0.15, 0.2) is 5.78 Å². The van der Waals surface area contributed by atoms with Crippen LogP contribution in [0.1, 0.15) is 38.5 Å². The summed E-state index contributed by atoms with van der Waals surface area (Å²) < 4.78 is 0. The summed E-state index contributed by atoms with van der Waals surface area (Å²) in [5.74, 6) is 0.162. The van der Waals surface area contributed by atoms with Gasteiger partial charge in [-0.3, -0.25) is 4.79 Å². The van der Waals surface area contributed by atoms with Crippen molar-refractivity contribution in [2.45, 2.75) is 26.7 Å². The molecule has 1 unspecified atom stereocenters. The van der Waals surface area contributed by atoms with E-state index in [1.165, 1.54) is 11.1 Å². The zero-order chi connectivity index (χ0) is 14.3. The van der Waals surface area contributed by atoms with E-state index < -0.39 is 0 Å². The molecule has 2 aromatic carbocycles. The van der Waals surface area contributed by atoms with Crippen molar-refractivity contribution in [2.75, 3.05) is 11.9 Å². The van der Waals surface area contributed by atoms with Gasteiger partial charge in [0.05, 0.1) is 5.92 Å². The third-order valence-electron chi connectivity index (χ3n) is 4.26. The zero-order valence-corrected chi connectivity index (χ0v) is 12.2. The highest BCUT2D eigenvalue weighted by Gasteiger charge is 2.29. The minimum Gasteiger partial charge on any atom is -0.384 e. The van der Waals surface area contributed by atoms with Crippen LogP contribution in [0.2, 0.25) is 0 Å². The number of ketones is 1. The predicted molar refractivity (Wildman–Crippen MR) is 82.7 cm³/mol. The first-order valence-electron chi connectivity index (χ1n) is 7.03. The Kier molecular flexibility index (Phi) is 3.09. The average molecular weight is 265 g/mol. The molecular formula is C18H19NO. The summed E-state index contributed by atoms with van der Waals surface area (Å²) in [6, 6.07) is 12.2. The molecule has 20 heavy (non-hydrogen) atoms. The number of Topliss-reactive ketones (excluding diaryl/α,β-unsaturated/α-hetero) is 1. The Morgan fingerprint density at radius 3 is 2.55 bits per heavy atom. The number of para-hydroxylation sites is 1. The van der Waals surface area contributed by atoms with E-state index in [9.17, 15) is 4.79 Å². The maximum absolute atomic E-state index is 12.9. The highest BCUT2D eigenvalue weighted by Crippen LogP contribution is 2.34. The molecule has 0 aromatic heterocycles. The molecule has 1 aliphatic heterocycles. The number of carbonyl (C=O) groups excluding carboxylic acids is 1. The molecule has 0 saturated carbocycles. The van der Waals surface area contributed by atoms with Crippen LogP contribution in [0, 0.1) is 20.8 Å². The standard InChI is InChI=1S/C18H19NO/c1-11-8-13(3)15(9-12(11)2)18(20)16-10-19-17-7-5-4-6-14(16)17/h4-9,16,19H,10H2,1-3H3. The Bertz CT molecular complexity index is 688. The van der Waals surface area contributed by atoms with Crippen molar-refractivity contribution < 1.29 is 4.79 Å². The Hall–Kier alpha value is -2.09. The number of carbonyl (C=O) groups is 1. The van der Waals surface area contributed by atoms with Crippen molar-refractivity contribution >= 4 is 11.5 Å². The lowest BCUT2D eigenvalue weighted by atomic mass is 9.88. The Morgan fingerprint density at radius 2 is 1.75 bits per heavy atom. The van der Waals surface area contributed by atoms with Crippen LogP contribution in [0.4, 0.5) is 5.69 Å². The Labute approximate surface area is 119 Å². The number of benzene rings is 2. The van der Waals surface area contributed by atoms with E-state index in [1.807, 2.05) is 37.3 Å². The van der Waals surface area contributed by atoms with Gasteiger partial charge in [0, 0.05) is 17.8 Å². The Morgan fingerprint density at radius 1 is 1.05 bits per heavy atom. The van der Waals surface area contributed by atoms with Crippen molar-refractivity contribution in [3.63, 3.8) is 0 Å². The fourth-order valence-electron chi connectivity index (χ4n) is 2.93. The van der Waals surface area contributed by atoms with Crippen LogP contribution in [-0.2, 0) is 0 Å². The molecule has 2 aromatic rings. The van der Waals surface area contributed by atoms with E-state index in [2.05, 4.69) is 25.2 Å². The number of hydrogen-bond acceptors (Lipinski definition) is 2. The summed E-state index contributed by atoms with van der Waals surface area (Å²) in [6.07, 6.45) is 0. The molecule has 1 aliphatic rings. The van der Waals surface area contributed by atoms with Gasteiger partial charge in [0.1, 0.15) is 0 Å². The molecule has 1 atom stereocenters. The largest absolute Gasteiger partial charge is 0.384 e. The highest BCUT2D eigenvalue weighted by molar-refractivity contribution is 6.04. The molecule has 3 rings (SSSR count). The Balaban J connectivity index is 2.01. The van der Waals surface area contributed by atoms with Crippen LogP contribution in [0.5, 0.6) is 0 Å². The summed E-state index contributed by atoms with van der Waals surface area (Å²) >= 11 is 0. The van der Waals surface area contributed by atoms with Gasteiger partial charge in [-0.05, 0) is 55.2 Å². The lowest BCUT2D eigenvalue weighted by Gasteiger charge is -2.13. The SMILES string of the molecule is Cc1cc(C)c(C(=O)C2CNc3ccccc32)cc1C. The highest BCUT2D eigenvalue weighted by atomic mass is 16.1. The first-order valence-corrected chi connectivity index (χ1v) is 7.03. The molecule has 0 spiro atoms. The number of fused-ring (bicyclic) bond motifs is 1. The minimum absolute atomic E-state index is 0.0630. The van der Waals surface area contributed by atoms with E-state index in [4.69, 9.17) is 0 Å². The summed E-state index contributed by atoms with van der Waals surface area (Å²) in [7, 11) is 0. The van der Waals surface area contributed by atoms with Crippen molar-refractivity contribution in [1.29, 1.82) is 0 Å². The molecule has 0 fully saturated rings. The van der Waals surface area contributed by atoms with Gasteiger partial charge in [-0.2, -0.15) is 0 Å². The van der Waals surface area contributed by atoms with Gasteiger partial charge in [-0.25, -0.2) is 0 Å². The van der Waals surface area contributed by atoms with Crippen LogP contribution in [0.3, 0.4) is 0 Å². The molecule has 1 N–H and O–H groups in total. The second-order valence-electron chi connectivity index (χ2n) is 5.64. The van der Waals surface area contributed by atoms with Crippen LogP contribution < -0.4 is 5.32 Å². The second-order valence-corrected chi connectivity index (χ2v) is 5.64. The maximum Gasteiger partial charge on any atom is 0.172 e. The van der Waals surface area contributed by atoms with Crippen molar-refractivity contribution in [1.82, 2.24) is 0 Å². The quantitative estimate of drug-likeness (QED) is 0.831. The summed E-state index contributed by atoms with van der Waals surface area (Å²) in [5, 5.41) is 3.33. The van der Waals surface area contributed by atoms with Crippen LogP contribution in [0.25, 0.3) is 0 Å². The maximum atomic E-state index is 12.9. The molecule has 2 heteroatoms. The molecule has 0 bridgehead atoms. The molecule has 0 radical (unpaired) electrons. The van der Waals surface area contributed by atoms with Gasteiger partial charge in [0.25, 0.3) is 0 Å². The third-order valence-corrected chi connectivity index (χ3v) is 4.26. The zero-order valence-electron chi connectivity index (χ0n) is 12.2. The second kappa shape index (κ2) is 4.78. The third kappa shape index (κ3) is 2.01. The fraction of sp³-hybridized carbons (Fsp3) is 0.278. The van der Waals surface area contributed by atoms with E-state index >= 15 is 0 Å². The molecule has 1 heterocycles. The number of rotatable bonds is 2. The topological polar surface area (TPSA) is 29.1 Å². The summed E-state index contributed by atoms with van der Waals surface area (Å²) in [6.45, 7) is 6.87. The van der Waals surface area contributed by atoms with Gasteiger partial charge in [-0.15, -0.1) is 0 Å². The van der Waals surface area contributed by atoms with Gasteiger partial charge in [-0.1, -0.05) is 24.3 Å². The summed E-state index contributed by atoms with van der Waals surface area (Å²) in [4.78, 5) is 12.9. The van der Waals surface area contributed by atoms with Crippen molar-refractivity contribution in [3.05, 3.63) is 64.2 Å². The first-order chi connectivity index (χ1) is 9.58. The number of nitrogens with one attached hydrogen (secondary N) is 1. The molecule has 0 amide bonds. The predicted octanol–water partition coefficient (Wildman–Crippen LogP) is 4.00. The molecule has 102 valence electrons. The lowest BCUT2D eigenvalue weighted by molar-refractivity contribution is 0.0966. The molecule has 0 saturated heterocycles. The minimum atomic E-state index is -0.0630. The molecular weight excluding hydrogens is 246 g/mol. The van der Waals surface area contributed by atoms with Crippen molar-refractivity contribution in [3.8, 4) is 0 Å². The van der Waals surface area contributed by atoms with Crippen LogP contribution in [-0.4, -0.2) is 12.3 Å². The van der Waals surface area contributed by atoms with E-state index in [1.54, 1.807) is 0 Å². The van der Waals surface area contributed by atoms with Crippen molar-refractivity contribution in [2.24, 2.45) is 0 Å². The lowest BCUT2D eigenvalue weighted by Crippen LogP contribution is -2.16. The number of aryl methyl sites for hydroxylation is 3. The van der Waals surface area contributed by atoms with Gasteiger partial charge in [0.2, 0.25) is 0 Å². The van der Waals surface area contributed by atoms with Gasteiger partial charge < -0.3 is 5.32 Å². The van der Waals surface area contributed by atoms with Crippen LogP contribution in [0.15, 0.2) is 36.4 Å². The molecule has 2 nitrogen and oxygen atoms in total. The van der Waals surface area contributed by atoms with E-state index in [0.717, 1.165) is 22.4 Å².